The average molecular weight is 196 g/mol. The summed E-state index contributed by atoms with van der Waals surface area (Å²) < 4.78 is 0. The van der Waals surface area contributed by atoms with Crippen LogP contribution in [0, 0.1) is 23.2 Å². The Hall–Kier alpha value is -1.32. The lowest BCUT2D eigenvalue weighted by Crippen LogP contribution is -2.36. The molecule has 4 nitrogen and oxygen atoms in total. The van der Waals surface area contributed by atoms with Gasteiger partial charge in [0.25, 0.3) is 0 Å². The van der Waals surface area contributed by atoms with E-state index in [1.807, 2.05) is 19.1 Å². The molecular weight excluding hydrogens is 184 g/mol. The molecule has 1 fully saturated rings. The first-order valence-corrected chi connectivity index (χ1v) is 4.61. The van der Waals surface area contributed by atoms with Crippen molar-refractivity contribution in [2.75, 3.05) is 0 Å². The van der Waals surface area contributed by atoms with E-state index in [1.54, 1.807) is 0 Å². The van der Waals surface area contributed by atoms with E-state index in [-0.39, 0.29) is 5.92 Å². The molecule has 2 aliphatic carbocycles. The lowest BCUT2D eigenvalue weighted by Gasteiger charge is -2.27. The van der Waals surface area contributed by atoms with Gasteiger partial charge in [-0.2, -0.15) is 0 Å². The van der Waals surface area contributed by atoms with Crippen LogP contribution < -0.4 is 0 Å². The van der Waals surface area contributed by atoms with Gasteiger partial charge >= 0.3 is 11.9 Å². The third-order valence-electron chi connectivity index (χ3n) is 3.48. The number of hydrogen-bond acceptors (Lipinski definition) is 2. The molecular formula is C10H12O4. The predicted octanol–water partition coefficient (Wildman–Crippen LogP) is 0.984. The monoisotopic (exact) mass is 196 g/mol. The third-order valence-corrected chi connectivity index (χ3v) is 3.48. The quantitative estimate of drug-likeness (QED) is 0.646. The minimum atomic E-state index is -0.994. The van der Waals surface area contributed by atoms with Crippen LogP contribution in [-0.4, -0.2) is 22.2 Å². The number of carboxylic acids is 2. The van der Waals surface area contributed by atoms with Crippen molar-refractivity contribution in [2.24, 2.45) is 23.2 Å². The first kappa shape index (κ1) is 9.24. The molecule has 0 heterocycles. The zero-order valence-electron chi connectivity index (χ0n) is 7.80. The largest absolute Gasteiger partial charge is 0.481 e. The van der Waals surface area contributed by atoms with Gasteiger partial charge in [0, 0.05) is 5.41 Å². The van der Waals surface area contributed by atoms with E-state index < -0.39 is 29.2 Å². The van der Waals surface area contributed by atoms with Crippen LogP contribution in [0.2, 0.25) is 0 Å². The Kier molecular flexibility index (Phi) is 1.71. The summed E-state index contributed by atoms with van der Waals surface area (Å²) in [6.07, 6.45) is 4.36. The van der Waals surface area contributed by atoms with E-state index in [2.05, 4.69) is 0 Å². The molecule has 0 spiro atoms. The van der Waals surface area contributed by atoms with E-state index >= 15 is 0 Å². The van der Waals surface area contributed by atoms with Gasteiger partial charge in [0.2, 0.25) is 0 Å². The molecule has 0 aromatic rings. The van der Waals surface area contributed by atoms with Crippen molar-refractivity contribution in [3.8, 4) is 0 Å². The van der Waals surface area contributed by atoms with Gasteiger partial charge in [0.1, 0.15) is 0 Å². The van der Waals surface area contributed by atoms with Crippen LogP contribution in [0.4, 0.5) is 0 Å². The maximum absolute atomic E-state index is 11.0. The summed E-state index contributed by atoms with van der Waals surface area (Å²) in [6.45, 7) is 1.82. The fourth-order valence-electron chi connectivity index (χ4n) is 2.88. The normalized spacial score (nSPS) is 44.2. The molecule has 0 unspecified atom stereocenters. The second kappa shape index (κ2) is 2.59. The fourth-order valence-corrected chi connectivity index (χ4v) is 2.88. The number of allylic oxidation sites excluding steroid dienone is 2. The first-order chi connectivity index (χ1) is 6.46. The summed E-state index contributed by atoms with van der Waals surface area (Å²) >= 11 is 0. The van der Waals surface area contributed by atoms with E-state index in [1.165, 1.54) is 0 Å². The Balaban J connectivity index is 2.41. The molecule has 76 valence electrons. The van der Waals surface area contributed by atoms with Crippen LogP contribution in [-0.2, 0) is 9.59 Å². The summed E-state index contributed by atoms with van der Waals surface area (Å²) in [5.74, 6) is -3.60. The van der Waals surface area contributed by atoms with Crippen molar-refractivity contribution < 1.29 is 19.8 Å². The molecule has 4 heteroatoms. The SMILES string of the molecule is C[C@@]12C=C[C@@H](C1)[C@@H](C(=O)O)[C@@H]2C(=O)O. The van der Waals surface area contributed by atoms with Crippen molar-refractivity contribution in [1.29, 1.82) is 0 Å². The summed E-state index contributed by atoms with van der Waals surface area (Å²) in [7, 11) is 0. The highest BCUT2D eigenvalue weighted by molar-refractivity contribution is 5.83. The summed E-state index contributed by atoms with van der Waals surface area (Å²) in [5, 5.41) is 18.0. The van der Waals surface area contributed by atoms with Crippen LogP contribution in [0.5, 0.6) is 0 Å². The van der Waals surface area contributed by atoms with Gasteiger partial charge in [0.05, 0.1) is 11.8 Å². The molecule has 0 radical (unpaired) electrons. The summed E-state index contributed by atoms with van der Waals surface area (Å²) in [4.78, 5) is 22.0. The molecule has 14 heavy (non-hydrogen) atoms. The minimum Gasteiger partial charge on any atom is -0.481 e. The van der Waals surface area contributed by atoms with Gasteiger partial charge in [-0.1, -0.05) is 19.1 Å². The molecule has 0 aromatic carbocycles. The van der Waals surface area contributed by atoms with Gasteiger partial charge in [-0.25, -0.2) is 0 Å². The van der Waals surface area contributed by atoms with Crippen LogP contribution in [0.1, 0.15) is 13.3 Å². The molecule has 0 amide bonds. The van der Waals surface area contributed by atoms with E-state index in [0.29, 0.717) is 6.42 Å². The van der Waals surface area contributed by atoms with Gasteiger partial charge < -0.3 is 10.2 Å². The summed E-state index contributed by atoms with van der Waals surface area (Å²) in [6, 6.07) is 0. The third kappa shape index (κ3) is 0.997. The van der Waals surface area contributed by atoms with Crippen LogP contribution >= 0.6 is 0 Å². The standard InChI is InChI=1S/C10H12O4/c1-10-3-2-5(4-10)6(8(11)12)7(10)9(13)14/h2-3,5-7H,4H2,1H3,(H,11,12)(H,13,14)/t5-,6+,7+,10+/m0/s1. The zero-order chi connectivity index (χ0) is 10.5. The average Bonchev–Trinajstić information content (AvgIpc) is 2.55. The van der Waals surface area contributed by atoms with Crippen LogP contribution in [0.25, 0.3) is 0 Å². The highest BCUT2D eigenvalue weighted by Crippen LogP contribution is 2.56. The number of rotatable bonds is 2. The molecule has 1 saturated carbocycles. The maximum Gasteiger partial charge on any atom is 0.308 e. The molecule has 2 rings (SSSR count). The molecule has 2 bridgehead atoms. The minimum absolute atomic E-state index is 0.0985. The first-order valence-electron chi connectivity index (χ1n) is 4.61. The van der Waals surface area contributed by atoms with Gasteiger partial charge in [-0.05, 0) is 12.3 Å². The number of aliphatic carboxylic acids is 2. The Morgan fingerprint density at radius 2 is 2.00 bits per heavy atom. The number of carboxylic acid groups (broad SMARTS) is 2. The van der Waals surface area contributed by atoms with E-state index in [9.17, 15) is 9.59 Å². The smallest absolute Gasteiger partial charge is 0.308 e. The lowest BCUT2D eigenvalue weighted by atomic mass is 9.75. The maximum atomic E-state index is 11.0. The van der Waals surface area contributed by atoms with E-state index in [4.69, 9.17) is 10.2 Å². The highest BCUT2D eigenvalue weighted by atomic mass is 16.4. The fraction of sp³-hybridized carbons (Fsp3) is 0.600. The number of carbonyl (C=O) groups is 2. The van der Waals surface area contributed by atoms with Crippen molar-refractivity contribution >= 4 is 11.9 Å². The Morgan fingerprint density at radius 1 is 1.36 bits per heavy atom. The Morgan fingerprint density at radius 3 is 2.43 bits per heavy atom. The molecule has 4 atom stereocenters. The Labute approximate surface area is 81.2 Å². The van der Waals surface area contributed by atoms with Crippen molar-refractivity contribution in [1.82, 2.24) is 0 Å². The molecule has 0 aliphatic heterocycles. The van der Waals surface area contributed by atoms with Gasteiger partial charge in [0.15, 0.2) is 0 Å². The predicted molar refractivity (Wildman–Crippen MR) is 47.6 cm³/mol. The van der Waals surface area contributed by atoms with Gasteiger partial charge in [-0.3, -0.25) is 9.59 Å². The number of fused-ring (bicyclic) bond motifs is 2. The zero-order valence-corrected chi connectivity index (χ0v) is 7.80. The Bertz CT molecular complexity index is 333. The molecule has 2 aliphatic rings. The lowest BCUT2D eigenvalue weighted by molar-refractivity contribution is -0.155. The topological polar surface area (TPSA) is 74.6 Å². The molecule has 2 N–H and O–H groups in total. The van der Waals surface area contributed by atoms with Crippen molar-refractivity contribution in [2.45, 2.75) is 13.3 Å². The number of hydrogen-bond donors (Lipinski definition) is 2. The van der Waals surface area contributed by atoms with Crippen LogP contribution in [0.15, 0.2) is 12.2 Å². The molecule has 0 saturated heterocycles. The van der Waals surface area contributed by atoms with E-state index in [0.717, 1.165) is 0 Å². The second-order valence-corrected chi connectivity index (χ2v) is 4.41. The van der Waals surface area contributed by atoms with Crippen molar-refractivity contribution in [3.05, 3.63) is 12.2 Å². The summed E-state index contributed by atoms with van der Waals surface area (Å²) in [5.41, 5.74) is -0.459. The second-order valence-electron chi connectivity index (χ2n) is 4.41. The highest BCUT2D eigenvalue weighted by Gasteiger charge is 2.58. The van der Waals surface area contributed by atoms with Crippen molar-refractivity contribution in [3.63, 3.8) is 0 Å². The van der Waals surface area contributed by atoms with Gasteiger partial charge in [-0.15, -0.1) is 0 Å². The molecule has 0 aromatic heterocycles. The van der Waals surface area contributed by atoms with Crippen LogP contribution in [0.3, 0.4) is 0 Å².